The van der Waals surface area contributed by atoms with Crippen molar-refractivity contribution in [3.8, 4) is 11.3 Å². The Labute approximate surface area is 117 Å². The van der Waals surface area contributed by atoms with E-state index in [1.165, 1.54) is 22.3 Å². The first kappa shape index (κ1) is 11.6. The first-order valence-electron chi connectivity index (χ1n) is 7.12. The molecule has 102 valence electrons. The minimum absolute atomic E-state index is 1.07. The molecule has 0 bridgehead atoms. The van der Waals surface area contributed by atoms with Gasteiger partial charge in [0.25, 0.3) is 0 Å². The molecule has 1 aromatic carbocycles. The molecule has 0 aliphatic carbocycles. The van der Waals surface area contributed by atoms with Gasteiger partial charge in [0.15, 0.2) is 0 Å². The molecule has 4 nitrogen and oxygen atoms in total. The monoisotopic (exact) mass is 266 g/mol. The Balaban J connectivity index is 1.61. The number of nitrogens with zero attached hydrogens (tertiary/aromatic N) is 1. The second kappa shape index (κ2) is 4.72. The highest BCUT2D eigenvalue weighted by molar-refractivity contribution is 5.83. The third kappa shape index (κ3) is 1.98. The predicted octanol–water partition coefficient (Wildman–Crippen LogP) is 2.57. The van der Waals surface area contributed by atoms with E-state index in [1.807, 2.05) is 6.20 Å². The van der Waals surface area contributed by atoms with Crippen LogP contribution in [0.4, 0.5) is 5.69 Å². The van der Waals surface area contributed by atoms with Gasteiger partial charge >= 0.3 is 0 Å². The first-order valence-corrected chi connectivity index (χ1v) is 7.12. The van der Waals surface area contributed by atoms with Crippen LogP contribution in [0.25, 0.3) is 22.3 Å². The lowest BCUT2D eigenvalue weighted by Crippen LogP contribution is -2.43. The summed E-state index contributed by atoms with van der Waals surface area (Å²) in [6, 6.07) is 13.1. The molecule has 0 saturated carbocycles. The summed E-state index contributed by atoms with van der Waals surface area (Å²) in [5.74, 6) is 0. The maximum absolute atomic E-state index is 3.41. The summed E-state index contributed by atoms with van der Waals surface area (Å²) in [5.41, 5.74) is 4.80. The van der Waals surface area contributed by atoms with Crippen molar-refractivity contribution in [3.05, 3.63) is 42.6 Å². The molecule has 0 unspecified atom stereocenters. The average molecular weight is 266 g/mol. The van der Waals surface area contributed by atoms with Crippen molar-refractivity contribution in [2.45, 2.75) is 0 Å². The average Bonchev–Trinajstić information content (AvgIpc) is 3.10. The molecule has 0 radical (unpaired) electrons. The van der Waals surface area contributed by atoms with Crippen molar-refractivity contribution in [2.75, 3.05) is 31.1 Å². The largest absolute Gasteiger partial charge is 0.369 e. The summed E-state index contributed by atoms with van der Waals surface area (Å²) in [5, 5.41) is 4.61. The standard InChI is InChI=1S/C16H18N4/c1-3-14(20-9-7-17-8-10-20)4-2-12(1)15-11-13-5-6-18-16(13)19-15/h1-6,11,17-19H,7-10H2. The van der Waals surface area contributed by atoms with Crippen molar-refractivity contribution in [3.63, 3.8) is 0 Å². The molecule has 0 spiro atoms. The Morgan fingerprint density at radius 1 is 0.950 bits per heavy atom. The Morgan fingerprint density at radius 3 is 2.50 bits per heavy atom. The van der Waals surface area contributed by atoms with Gasteiger partial charge in [-0.3, -0.25) is 0 Å². The van der Waals surface area contributed by atoms with Crippen molar-refractivity contribution in [1.82, 2.24) is 15.3 Å². The normalized spacial score (nSPS) is 15.9. The van der Waals surface area contributed by atoms with Gasteiger partial charge in [-0.15, -0.1) is 0 Å². The molecule has 0 amide bonds. The molecule has 3 heterocycles. The third-order valence-electron chi connectivity index (χ3n) is 4.00. The van der Waals surface area contributed by atoms with Gasteiger partial charge < -0.3 is 20.2 Å². The van der Waals surface area contributed by atoms with Gasteiger partial charge in [0.05, 0.1) is 0 Å². The van der Waals surface area contributed by atoms with E-state index in [9.17, 15) is 0 Å². The van der Waals surface area contributed by atoms with E-state index in [0.29, 0.717) is 0 Å². The highest BCUT2D eigenvalue weighted by Crippen LogP contribution is 2.25. The minimum Gasteiger partial charge on any atom is -0.369 e. The highest BCUT2D eigenvalue weighted by atomic mass is 15.2. The van der Waals surface area contributed by atoms with Gasteiger partial charge in [0, 0.05) is 49.1 Å². The Morgan fingerprint density at radius 2 is 1.75 bits per heavy atom. The van der Waals surface area contributed by atoms with E-state index >= 15 is 0 Å². The maximum Gasteiger partial charge on any atom is 0.115 e. The van der Waals surface area contributed by atoms with Gasteiger partial charge in [0.2, 0.25) is 0 Å². The van der Waals surface area contributed by atoms with Crippen LogP contribution in [0, 0.1) is 0 Å². The quantitative estimate of drug-likeness (QED) is 0.667. The summed E-state index contributed by atoms with van der Waals surface area (Å²) in [7, 11) is 0. The van der Waals surface area contributed by atoms with Crippen molar-refractivity contribution in [2.24, 2.45) is 0 Å². The highest BCUT2D eigenvalue weighted by Gasteiger charge is 2.10. The zero-order valence-electron chi connectivity index (χ0n) is 11.3. The molecule has 1 aliphatic rings. The van der Waals surface area contributed by atoms with Gasteiger partial charge in [-0.2, -0.15) is 0 Å². The fourth-order valence-corrected chi connectivity index (χ4v) is 2.87. The van der Waals surface area contributed by atoms with Crippen LogP contribution in [0.1, 0.15) is 0 Å². The van der Waals surface area contributed by atoms with Gasteiger partial charge in [-0.1, -0.05) is 12.1 Å². The molecule has 3 N–H and O–H groups in total. The number of hydrogen-bond acceptors (Lipinski definition) is 2. The zero-order valence-corrected chi connectivity index (χ0v) is 11.3. The van der Waals surface area contributed by atoms with E-state index in [4.69, 9.17) is 0 Å². The van der Waals surface area contributed by atoms with Crippen molar-refractivity contribution >= 4 is 16.7 Å². The van der Waals surface area contributed by atoms with Crippen LogP contribution < -0.4 is 10.2 Å². The third-order valence-corrected chi connectivity index (χ3v) is 4.00. The van der Waals surface area contributed by atoms with Gasteiger partial charge in [0.1, 0.15) is 5.65 Å². The molecule has 4 rings (SSSR count). The number of piperazine rings is 1. The Bertz CT molecular complexity index is 673. The fourth-order valence-electron chi connectivity index (χ4n) is 2.87. The van der Waals surface area contributed by atoms with Crippen LogP contribution in [0.15, 0.2) is 42.6 Å². The summed E-state index contributed by atoms with van der Waals surface area (Å²) in [6.07, 6.45) is 1.96. The second-order valence-electron chi connectivity index (χ2n) is 5.27. The molecule has 1 aliphatic heterocycles. The van der Waals surface area contributed by atoms with Crippen molar-refractivity contribution in [1.29, 1.82) is 0 Å². The van der Waals surface area contributed by atoms with E-state index < -0.39 is 0 Å². The van der Waals surface area contributed by atoms with Crippen LogP contribution in [0.3, 0.4) is 0 Å². The first-order chi connectivity index (χ1) is 9.90. The van der Waals surface area contributed by atoms with Gasteiger partial charge in [-0.25, -0.2) is 0 Å². The van der Waals surface area contributed by atoms with Crippen LogP contribution in [0.5, 0.6) is 0 Å². The Hall–Kier alpha value is -2.20. The van der Waals surface area contributed by atoms with E-state index in [2.05, 4.69) is 56.6 Å². The minimum atomic E-state index is 1.07. The van der Waals surface area contributed by atoms with Crippen LogP contribution >= 0.6 is 0 Å². The molecular weight excluding hydrogens is 248 g/mol. The molecule has 4 heteroatoms. The predicted molar refractivity (Wildman–Crippen MR) is 83.2 cm³/mol. The number of H-pyrrole nitrogens is 2. The van der Waals surface area contributed by atoms with E-state index in [-0.39, 0.29) is 0 Å². The van der Waals surface area contributed by atoms with Crippen LogP contribution in [0.2, 0.25) is 0 Å². The lowest BCUT2D eigenvalue weighted by molar-refractivity contribution is 0.589. The fraction of sp³-hybridized carbons (Fsp3) is 0.250. The number of rotatable bonds is 2. The molecule has 0 atom stereocenters. The number of aromatic amines is 2. The second-order valence-corrected chi connectivity index (χ2v) is 5.27. The maximum atomic E-state index is 3.41. The molecular formula is C16H18N4. The summed E-state index contributed by atoms with van der Waals surface area (Å²) >= 11 is 0. The van der Waals surface area contributed by atoms with Crippen molar-refractivity contribution < 1.29 is 0 Å². The zero-order chi connectivity index (χ0) is 13.4. The van der Waals surface area contributed by atoms with E-state index in [1.54, 1.807) is 0 Å². The SMILES string of the molecule is c1cc2cc(-c3ccc(N4CCNCC4)cc3)[nH]c2[nH]1. The molecule has 20 heavy (non-hydrogen) atoms. The molecule has 1 saturated heterocycles. The Kier molecular flexibility index (Phi) is 2.74. The number of anilines is 1. The summed E-state index contributed by atoms with van der Waals surface area (Å²) < 4.78 is 0. The van der Waals surface area contributed by atoms with Crippen LogP contribution in [-0.4, -0.2) is 36.1 Å². The molecule has 3 aromatic rings. The smallest absolute Gasteiger partial charge is 0.115 e. The summed E-state index contributed by atoms with van der Waals surface area (Å²) in [4.78, 5) is 9.04. The van der Waals surface area contributed by atoms with E-state index in [0.717, 1.165) is 31.8 Å². The number of fused-ring (bicyclic) bond motifs is 1. The van der Waals surface area contributed by atoms with Crippen LogP contribution in [-0.2, 0) is 0 Å². The number of aromatic nitrogens is 2. The lowest BCUT2D eigenvalue weighted by atomic mass is 10.1. The summed E-state index contributed by atoms with van der Waals surface area (Å²) in [6.45, 7) is 4.32. The number of hydrogen-bond donors (Lipinski definition) is 3. The number of benzene rings is 1. The van der Waals surface area contributed by atoms with Gasteiger partial charge in [-0.05, 0) is 29.8 Å². The molecule has 1 fully saturated rings. The number of nitrogens with one attached hydrogen (secondary N) is 3. The molecule has 2 aromatic heterocycles. The topological polar surface area (TPSA) is 46.8 Å². The lowest BCUT2D eigenvalue weighted by Gasteiger charge is -2.29.